The van der Waals surface area contributed by atoms with Crippen LogP contribution in [0, 0.1) is 0 Å². The molecule has 0 saturated heterocycles. The molecule has 132 valence electrons. The zero-order valence-electron chi connectivity index (χ0n) is 15.0. The Morgan fingerprint density at radius 1 is 1.46 bits per heavy atom. The number of aliphatic imine (C=N–C) groups is 1. The van der Waals surface area contributed by atoms with E-state index in [0.717, 1.165) is 24.2 Å². The average Bonchev–Trinajstić information content (AvgIpc) is 3.16. The molecule has 9 heteroatoms. The zero-order chi connectivity index (χ0) is 17.5. The van der Waals surface area contributed by atoms with Crippen LogP contribution >= 0.6 is 0 Å². The normalized spacial score (nSPS) is 12.0. The number of nitrogens with zero attached hydrogens (tertiary/aromatic N) is 7. The lowest BCUT2D eigenvalue weighted by molar-refractivity contribution is 0.372. The number of nitrogens with one attached hydrogen (secondary N) is 1. The summed E-state index contributed by atoms with van der Waals surface area (Å²) in [6.45, 7) is 8.11. The molecule has 0 atom stereocenters. The molecule has 0 aliphatic carbocycles. The van der Waals surface area contributed by atoms with Gasteiger partial charge in [0.15, 0.2) is 11.8 Å². The molecule has 0 radical (unpaired) electrons. The van der Waals surface area contributed by atoms with Gasteiger partial charge in [-0.05, 0) is 6.92 Å². The maximum atomic E-state index is 5.24. The van der Waals surface area contributed by atoms with E-state index < -0.39 is 0 Å². The Balaban J connectivity index is 1.95. The molecule has 0 bridgehead atoms. The highest BCUT2D eigenvalue weighted by Gasteiger charge is 2.11. The molecular formula is C15H26N8O. The molecule has 0 saturated carbocycles. The van der Waals surface area contributed by atoms with Crippen LogP contribution in [-0.4, -0.2) is 55.9 Å². The number of rotatable bonds is 7. The van der Waals surface area contributed by atoms with Crippen LogP contribution in [0.25, 0.3) is 0 Å². The number of guanidine groups is 1. The van der Waals surface area contributed by atoms with Crippen molar-refractivity contribution in [3.05, 3.63) is 23.9 Å². The Morgan fingerprint density at radius 3 is 2.83 bits per heavy atom. The van der Waals surface area contributed by atoms with Crippen LogP contribution in [0.3, 0.4) is 0 Å². The highest BCUT2D eigenvalue weighted by molar-refractivity contribution is 5.79. The molecule has 9 nitrogen and oxygen atoms in total. The Kier molecular flexibility index (Phi) is 6.28. The van der Waals surface area contributed by atoms with E-state index in [4.69, 9.17) is 4.52 Å². The molecule has 0 spiro atoms. The first kappa shape index (κ1) is 17.9. The quantitative estimate of drug-likeness (QED) is 0.595. The lowest BCUT2D eigenvalue weighted by Crippen LogP contribution is -2.39. The maximum absolute atomic E-state index is 5.24. The fourth-order valence-corrected chi connectivity index (χ4v) is 2.08. The van der Waals surface area contributed by atoms with Crippen molar-refractivity contribution in [3.8, 4) is 0 Å². The van der Waals surface area contributed by atoms with Crippen LogP contribution in [0.4, 0.5) is 0 Å². The Labute approximate surface area is 142 Å². The average molecular weight is 334 g/mol. The molecule has 24 heavy (non-hydrogen) atoms. The smallest absolute Gasteiger partial charge is 0.228 e. The molecule has 2 heterocycles. The molecule has 1 N–H and O–H groups in total. The second-order valence-electron chi connectivity index (χ2n) is 5.84. The van der Waals surface area contributed by atoms with E-state index in [9.17, 15) is 0 Å². The molecule has 2 aromatic heterocycles. The second-order valence-corrected chi connectivity index (χ2v) is 5.84. The van der Waals surface area contributed by atoms with Crippen LogP contribution in [-0.2, 0) is 20.0 Å². The summed E-state index contributed by atoms with van der Waals surface area (Å²) >= 11 is 0. The van der Waals surface area contributed by atoms with Crippen molar-refractivity contribution in [1.29, 1.82) is 0 Å². The van der Waals surface area contributed by atoms with E-state index in [2.05, 4.69) is 30.5 Å². The van der Waals surface area contributed by atoms with Gasteiger partial charge in [-0.3, -0.25) is 9.67 Å². The van der Waals surface area contributed by atoms with Crippen LogP contribution in [0.2, 0.25) is 0 Å². The minimum Gasteiger partial charge on any atom is -0.357 e. The van der Waals surface area contributed by atoms with Gasteiger partial charge >= 0.3 is 0 Å². The lowest BCUT2D eigenvalue weighted by atomic mass is 10.2. The third-order valence-electron chi connectivity index (χ3n) is 3.47. The van der Waals surface area contributed by atoms with Gasteiger partial charge in [0.05, 0.1) is 13.1 Å². The van der Waals surface area contributed by atoms with Gasteiger partial charge in [0, 0.05) is 33.0 Å². The minimum atomic E-state index is 0.265. The predicted octanol–water partition coefficient (Wildman–Crippen LogP) is 0.961. The van der Waals surface area contributed by atoms with E-state index in [1.807, 2.05) is 39.8 Å². The summed E-state index contributed by atoms with van der Waals surface area (Å²) in [6.07, 6.45) is 2.17. The van der Waals surface area contributed by atoms with Crippen molar-refractivity contribution < 1.29 is 4.52 Å². The fourth-order valence-electron chi connectivity index (χ4n) is 2.08. The number of hydrogen-bond donors (Lipinski definition) is 1. The molecule has 0 aliphatic heterocycles. The van der Waals surface area contributed by atoms with Crippen molar-refractivity contribution in [3.63, 3.8) is 0 Å². The maximum Gasteiger partial charge on any atom is 0.228 e. The van der Waals surface area contributed by atoms with E-state index >= 15 is 0 Å². The van der Waals surface area contributed by atoms with Gasteiger partial charge in [0.25, 0.3) is 0 Å². The summed E-state index contributed by atoms with van der Waals surface area (Å²) in [6, 6.07) is 0. The first-order valence-corrected chi connectivity index (χ1v) is 8.16. The summed E-state index contributed by atoms with van der Waals surface area (Å²) in [5.41, 5.74) is 0. The second kappa shape index (κ2) is 8.42. The van der Waals surface area contributed by atoms with Crippen molar-refractivity contribution >= 4 is 5.96 Å². The van der Waals surface area contributed by atoms with Crippen LogP contribution in [0.5, 0.6) is 0 Å². The van der Waals surface area contributed by atoms with Gasteiger partial charge in [-0.15, -0.1) is 0 Å². The summed E-state index contributed by atoms with van der Waals surface area (Å²) in [5, 5.41) is 11.3. The number of aromatic nitrogens is 5. The number of aryl methyl sites for hydroxylation is 1. The lowest BCUT2D eigenvalue weighted by Gasteiger charge is -2.21. The standard InChI is InChI=1S/C15H26N8O/c1-6-16-15(22(4)9-12-18-10-19-23(12)5)17-8-7-13-20-14(11(2)3)21-24-13/h10-11H,6-9H2,1-5H3,(H,16,17). The van der Waals surface area contributed by atoms with E-state index in [1.54, 1.807) is 11.0 Å². The van der Waals surface area contributed by atoms with Crippen molar-refractivity contribution in [2.75, 3.05) is 20.1 Å². The van der Waals surface area contributed by atoms with Gasteiger partial charge in [-0.2, -0.15) is 10.1 Å². The van der Waals surface area contributed by atoms with Crippen molar-refractivity contribution in [1.82, 2.24) is 35.1 Å². The van der Waals surface area contributed by atoms with Crippen LogP contribution in [0.15, 0.2) is 15.8 Å². The third kappa shape index (κ3) is 4.77. The Morgan fingerprint density at radius 2 is 2.25 bits per heavy atom. The molecule has 0 unspecified atom stereocenters. The van der Waals surface area contributed by atoms with Crippen LogP contribution < -0.4 is 5.32 Å². The first-order valence-electron chi connectivity index (χ1n) is 8.16. The topological polar surface area (TPSA) is 97.3 Å². The molecule has 0 amide bonds. The molecular weight excluding hydrogens is 308 g/mol. The van der Waals surface area contributed by atoms with Gasteiger partial charge in [-0.1, -0.05) is 19.0 Å². The Hall–Kier alpha value is -2.45. The van der Waals surface area contributed by atoms with Crippen molar-refractivity contribution in [2.24, 2.45) is 12.0 Å². The highest BCUT2D eigenvalue weighted by atomic mass is 16.5. The van der Waals surface area contributed by atoms with Gasteiger partial charge in [0.1, 0.15) is 12.2 Å². The summed E-state index contributed by atoms with van der Waals surface area (Å²) < 4.78 is 7.00. The van der Waals surface area contributed by atoms with Gasteiger partial charge in [-0.25, -0.2) is 4.98 Å². The summed E-state index contributed by atoms with van der Waals surface area (Å²) in [4.78, 5) is 15.2. The van der Waals surface area contributed by atoms with Gasteiger partial charge < -0.3 is 14.7 Å². The zero-order valence-corrected chi connectivity index (χ0v) is 15.0. The Bertz CT molecular complexity index is 660. The van der Waals surface area contributed by atoms with Crippen molar-refractivity contribution in [2.45, 2.75) is 39.7 Å². The molecule has 0 aromatic carbocycles. The van der Waals surface area contributed by atoms with E-state index in [-0.39, 0.29) is 5.92 Å². The molecule has 0 fully saturated rings. The van der Waals surface area contributed by atoms with E-state index in [1.165, 1.54) is 0 Å². The predicted molar refractivity (Wildman–Crippen MR) is 90.5 cm³/mol. The third-order valence-corrected chi connectivity index (χ3v) is 3.47. The fraction of sp³-hybridized carbons (Fsp3) is 0.667. The van der Waals surface area contributed by atoms with E-state index in [0.29, 0.717) is 25.4 Å². The van der Waals surface area contributed by atoms with Gasteiger partial charge in [0.2, 0.25) is 5.89 Å². The summed E-state index contributed by atoms with van der Waals surface area (Å²) in [5.74, 6) is 3.31. The molecule has 2 aromatic rings. The summed E-state index contributed by atoms with van der Waals surface area (Å²) in [7, 11) is 3.85. The van der Waals surface area contributed by atoms with Crippen LogP contribution in [0.1, 0.15) is 44.2 Å². The largest absolute Gasteiger partial charge is 0.357 e. The molecule has 2 rings (SSSR count). The molecule has 0 aliphatic rings. The number of hydrogen-bond acceptors (Lipinski definition) is 6. The SMILES string of the molecule is CCNC(=NCCc1nc(C(C)C)no1)N(C)Cc1ncnn1C. The monoisotopic (exact) mass is 334 g/mol. The first-order chi connectivity index (χ1) is 11.5. The minimum absolute atomic E-state index is 0.265. The highest BCUT2D eigenvalue weighted by Crippen LogP contribution is 2.09.